The van der Waals surface area contributed by atoms with E-state index < -0.39 is 78.5 Å². The highest BCUT2D eigenvalue weighted by atomic mass is 32.2. The third-order valence-corrected chi connectivity index (χ3v) is 7.27. The summed E-state index contributed by atoms with van der Waals surface area (Å²) in [5, 5.41) is 5.00. The molecule has 2 aromatic heterocycles. The number of rotatable bonds is 7. The van der Waals surface area contributed by atoms with E-state index in [1.807, 2.05) is 0 Å². The van der Waals surface area contributed by atoms with Gasteiger partial charge in [0.2, 0.25) is 0 Å². The number of nitrogens with zero attached hydrogens (tertiary/aromatic N) is 2. The van der Waals surface area contributed by atoms with Crippen molar-refractivity contribution in [2.45, 2.75) is 30.3 Å². The molecule has 3 rings (SSSR count). The van der Waals surface area contributed by atoms with Gasteiger partial charge < -0.3 is 10.6 Å². The monoisotopic (exact) mass is 598 g/mol. The van der Waals surface area contributed by atoms with Gasteiger partial charge >= 0.3 is 18.5 Å². The molecule has 0 spiro atoms. The van der Waals surface area contributed by atoms with E-state index in [0.717, 1.165) is 25.3 Å². The van der Waals surface area contributed by atoms with Gasteiger partial charge in [-0.3, -0.25) is 0 Å². The second-order valence-electron chi connectivity index (χ2n) is 8.17. The highest BCUT2D eigenvalue weighted by Crippen LogP contribution is 2.41. The molecule has 0 radical (unpaired) electrons. The Bertz CT molecular complexity index is 1530. The van der Waals surface area contributed by atoms with Crippen molar-refractivity contribution in [2.24, 2.45) is 0 Å². The fourth-order valence-electron chi connectivity index (χ4n) is 3.49. The van der Waals surface area contributed by atoms with Crippen LogP contribution in [0, 0.1) is 0 Å². The predicted molar refractivity (Wildman–Crippen MR) is 129 cm³/mol. The number of benzene rings is 1. The van der Waals surface area contributed by atoms with Crippen LogP contribution in [0.1, 0.15) is 29.4 Å². The Hall–Kier alpha value is -3.82. The molecule has 0 aliphatic heterocycles. The van der Waals surface area contributed by atoms with Crippen LogP contribution in [0.2, 0.25) is 0 Å². The van der Waals surface area contributed by atoms with Crippen LogP contribution in [0.15, 0.2) is 54.1 Å². The van der Waals surface area contributed by atoms with E-state index in [2.05, 4.69) is 27.2 Å². The molecule has 0 saturated heterocycles. The molecule has 3 aromatic rings. The first-order chi connectivity index (χ1) is 18.3. The van der Waals surface area contributed by atoms with Crippen LogP contribution in [0.3, 0.4) is 0 Å². The van der Waals surface area contributed by atoms with Crippen LogP contribution < -0.4 is 10.6 Å². The minimum Gasteiger partial charge on any atom is -0.385 e. The predicted octanol–water partition coefficient (Wildman–Crippen LogP) is 7.12. The zero-order valence-corrected chi connectivity index (χ0v) is 21.3. The van der Waals surface area contributed by atoms with Crippen LogP contribution in [0.4, 0.5) is 50.9 Å². The van der Waals surface area contributed by atoms with Crippen molar-refractivity contribution >= 4 is 26.9 Å². The number of anilines is 2. The van der Waals surface area contributed by atoms with Crippen LogP contribution >= 0.6 is 0 Å². The second-order valence-corrected chi connectivity index (χ2v) is 10.4. The van der Waals surface area contributed by atoms with Crippen molar-refractivity contribution in [3.05, 3.63) is 71.7 Å². The van der Waals surface area contributed by atoms with Gasteiger partial charge in [-0.15, -0.1) is 0 Å². The largest absolute Gasteiger partial charge is 0.433 e. The smallest absolute Gasteiger partial charge is 0.385 e. The number of hydrogen-bond acceptors (Lipinski definition) is 6. The van der Waals surface area contributed by atoms with E-state index >= 15 is 0 Å². The lowest BCUT2D eigenvalue weighted by Crippen LogP contribution is -2.17. The van der Waals surface area contributed by atoms with E-state index in [1.54, 1.807) is 0 Å². The number of alkyl halides is 9. The van der Waals surface area contributed by atoms with Gasteiger partial charge in [-0.1, -0.05) is 25.6 Å². The van der Waals surface area contributed by atoms with Crippen molar-refractivity contribution < 1.29 is 47.9 Å². The maximum Gasteiger partial charge on any atom is 0.433 e. The van der Waals surface area contributed by atoms with Crippen molar-refractivity contribution in [1.29, 1.82) is 0 Å². The first-order valence-corrected chi connectivity index (χ1v) is 12.7. The molecular formula is C24H19F9N4O2S. The standard InChI is InChI=1S/C24H19F9N4O2S/c1-4-40(38,39)18-9-15(23(28,29)30)21(13-5-7-14(8-6-13)22(25,26)27)37-20(18)12(2)36-16-10-19(24(31,32)33)35-11-17(16)34-3/h5-11,34H,2,4H2,1,3H3,(H,35,36). The summed E-state index contributed by atoms with van der Waals surface area (Å²) in [6.07, 6.45) is -14.0. The zero-order chi connectivity index (χ0) is 30.3. The third-order valence-electron chi connectivity index (χ3n) is 5.53. The molecule has 0 amide bonds. The van der Waals surface area contributed by atoms with Crippen LogP contribution in [0.25, 0.3) is 17.0 Å². The molecule has 0 atom stereocenters. The highest BCUT2D eigenvalue weighted by molar-refractivity contribution is 7.91. The highest BCUT2D eigenvalue weighted by Gasteiger charge is 2.38. The molecular weight excluding hydrogens is 579 g/mol. The quantitative estimate of drug-likeness (QED) is 0.282. The van der Waals surface area contributed by atoms with Gasteiger partial charge in [-0.2, -0.15) is 39.5 Å². The van der Waals surface area contributed by atoms with Gasteiger partial charge in [0.05, 0.1) is 50.7 Å². The third kappa shape index (κ3) is 6.48. The van der Waals surface area contributed by atoms with Crippen LogP contribution in [0.5, 0.6) is 0 Å². The Labute approximate surface area is 221 Å². The lowest BCUT2D eigenvalue weighted by atomic mass is 10.0. The summed E-state index contributed by atoms with van der Waals surface area (Å²) in [4.78, 5) is 6.17. The second kappa shape index (κ2) is 10.6. The maximum atomic E-state index is 14.0. The lowest BCUT2D eigenvalue weighted by Gasteiger charge is -2.20. The lowest BCUT2D eigenvalue weighted by molar-refractivity contribution is -0.141. The number of nitrogens with one attached hydrogen (secondary N) is 2. The molecule has 0 fully saturated rings. The molecule has 0 aliphatic rings. The Morgan fingerprint density at radius 1 is 0.900 bits per heavy atom. The molecule has 0 aliphatic carbocycles. The Morgan fingerprint density at radius 2 is 1.50 bits per heavy atom. The van der Waals surface area contributed by atoms with Crippen molar-refractivity contribution in [1.82, 2.24) is 9.97 Å². The molecule has 6 nitrogen and oxygen atoms in total. The molecule has 1 aromatic carbocycles. The molecule has 216 valence electrons. The Morgan fingerprint density at radius 3 is 1.98 bits per heavy atom. The van der Waals surface area contributed by atoms with E-state index in [0.29, 0.717) is 18.2 Å². The van der Waals surface area contributed by atoms with Crippen LogP contribution in [-0.4, -0.2) is 31.2 Å². The summed E-state index contributed by atoms with van der Waals surface area (Å²) in [5.41, 5.74) is -6.93. The topological polar surface area (TPSA) is 84.0 Å². The maximum absolute atomic E-state index is 14.0. The fourth-order valence-corrected chi connectivity index (χ4v) is 4.56. The Kier molecular flexibility index (Phi) is 8.16. The minimum atomic E-state index is -5.19. The van der Waals surface area contributed by atoms with Gasteiger partial charge in [0.1, 0.15) is 11.4 Å². The van der Waals surface area contributed by atoms with Gasteiger partial charge in [0.15, 0.2) is 9.84 Å². The first-order valence-electron chi connectivity index (χ1n) is 11.0. The normalized spacial score (nSPS) is 12.8. The van der Waals surface area contributed by atoms with Crippen LogP contribution in [-0.2, 0) is 28.4 Å². The van der Waals surface area contributed by atoms with Gasteiger partial charge in [-0.25, -0.2) is 18.4 Å². The zero-order valence-electron chi connectivity index (χ0n) is 20.5. The molecule has 0 saturated carbocycles. The molecule has 16 heteroatoms. The van der Waals surface area contributed by atoms with E-state index in [1.165, 1.54) is 7.05 Å². The number of halogens is 9. The molecule has 0 bridgehead atoms. The van der Waals surface area contributed by atoms with E-state index in [9.17, 15) is 47.9 Å². The van der Waals surface area contributed by atoms with E-state index in [-0.39, 0.29) is 17.4 Å². The summed E-state index contributed by atoms with van der Waals surface area (Å²) in [6, 6.07) is 3.34. The minimum absolute atomic E-state index is 0.0103. The molecule has 0 unspecified atom stereocenters. The SMILES string of the molecule is C=C(Nc1cc(C(F)(F)F)ncc1NC)c1nc(-c2ccc(C(F)(F)F)cc2)c(C(F)(F)F)cc1S(=O)(=O)CC. The van der Waals surface area contributed by atoms with E-state index in [4.69, 9.17) is 0 Å². The van der Waals surface area contributed by atoms with Gasteiger partial charge in [0, 0.05) is 12.6 Å². The molecule has 2 heterocycles. The van der Waals surface area contributed by atoms with Crippen molar-refractivity contribution in [3.63, 3.8) is 0 Å². The number of pyridine rings is 2. The summed E-state index contributed by atoms with van der Waals surface area (Å²) in [6.45, 7) is 4.71. The molecule has 2 N–H and O–H groups in total. The number of sulfone groups is 1. The van der Waals surface area contributed by atoms with Gasteiger partial charge in [0.25, 0.3) is 0 Å². The first kappa shape index (κ1) is 30.7. The van der Waals surface area contributed by atoms with Crippen molar-refractivity contribution in [3.8, 4) is 11.3 Å². The van der Waals surface area contributed by atoms with Crippen molar-refractivity contribution in [2.75, 3.05) is 23.4 Å². The summed E-state index contributed by atoms with van der Waals surface area (Å²) >= 11 is 0. The summed E-state index contributed by atoms with van der Waals surface area (Å²) in [5.74, 6) is -0.679. The molecule has 40 heavy (non-hydrogen) atoms. The number of hydrogen-bond donors (Lipinski definition) is 2. The van der Waals surface area contributed by atoms with Gasteiger partial charge in [-0.05, 0) is 24.3 Å². The average Bonchev–Trinajstić information content (AvgIpc) is 2.86. The average molecular weight is 598 g/mol. The summed E-state index contributed by atoms with van der Waals surface area (Å²) in [7, 11) is -3.10. The fraction of sp³-hybridized carbons (Fsp3) is 0.250. The summed E-state index contributed by atoms with van der Waals surface area (Å²) < 4.78 is 146. The Balaban J connectivity index is 2.28. The number of aromatic nitrogens is 2.